The summed E-state index contributed by atoms with van der Waals surface area (Å²) in [6, 6.07) is 14.0. The average Bonchev–Trinajstić information content (AvgIpc) is 2.84. The van der Waals surface area contributed by atoms with Crippen molar-refractivity contribution < 1.29 is 9.72 Å². The minimum Gasteiger partial charge on any atom is -0.344 e. The van der Waals surface area contributed by atoms with Crippen LogP contribution in [0.2, 0.25) is 0 Å². The Balaban J connectivity index is 2.21. The molecule has 5 heteroatoms. The Labute approximate surface area is 120 Å². The number of aryl methyl sites for hydroxylation is 1. The lowest BCUT2D eigenvalue weighted by Crippen LogP contribution is -1.92. The lowest BCUT2D eigenvalue weighted by atomic mass is 10.1. The molecule has 0 saturated carbocycles. The molecule has 0 atom stereocenters. The van der Waals surface area contributed by atoms with Crippen LogP contribution in [0.1, 0.15) is 10.4 Å². The number of non-ortho nitro benzene ring substituents is 1. The Morgan fingerprint density at radius 1 is 1.14 bits per heavy atom. The van der Waals surface area contributed by atoms with E-state index >= 15 is 0 Å². The van der Waals surface area contributed by atoms with Gasteiger partial charge in [-0.05, 0) is 23.8 Å². The smallest absolute Gasteiger partial charge is 0.270 e. The van der Waals surface area contributed by atoms with Crippen LogP contribution in [0.5, 0.6) is 0 Å². The molecule has 0 radical (unpaired) electrons. The fraction of sp³-hybridized carbons (Fsp3) is 0.0625. The largest absolute Gasteiger partial charge is 0.344 e. The molecular formula is C16H12N2O3. The van der Waals surface area contributed by atoms with Crippen LogP contribution in [0, 0.1) is 10.1 Å². The number of aromatic nitrogens is 1. The number of hydrogen-bond acceptors (Lipinski definition) is 3. The monoisotopic (exact) mass is 280 g/mol. The van der Waals surface area contributed by atoms with Crippen LogP contribution >= 0.6 is 0 Å². The predicted octanol–water partition coefficient (Wildman–Crippen LogP) is 3.57. The van der Waals surface area contributed by atoms with Gasteiger partial charge in [0.1, 0.15) is 6.29 Å². The van der Waals surface area contributed by atoms with E-state index in [4.69, 9.17) is 0 Å². The molecule has 0 aliphatic carbocycles. The topological polar surface area (TPSA) is 65.1 Å². The summed E-state index contributed by atoms with van der Waals surface area (Å²) in [6.07, 6.45) is 0.803. The number of fused-ring (bicyclic) bond motifs is 1. The van der Waals surface area contributed by atoms with Crippen LogP contribution < -0.4 is 0 Å². The van der Waals surface area contributed by atoms with E-state index in [0.29, 0.717) is 5.56 Å². The van der Waals surface area contributed by atoms with Crippen LogP contribution in [0.15, 0.2) is 48.5 Å². The first-order valence-corrected chi connectivity index (χ1v) is 6.39. The normalized spacial score (nSPS) is 10.7. The molecule has 104 valence electrons. The molecule has 5 nitrogen and oxygen atoms in total. The van der Waals surface area contributed by atoms with Gasteiger partial charge in [-0.1, -0.05) is 18.2 Å². The molecule has 0 spiro atoms. The zero-order valence-corrected chi connectivity index (χ0v) is 11.3. The highest BCUT2D eigenvalue weighted by Crippen LogP contribution is 2.29. The van der Waals surface area contributed by atoms with Crippen molar-refractivity contribution >= 4 is 22.9 Å². The van der Waals surface area contributed by atoms with Crippen molar-refractivity contribution in [2.75, 3.05) is 0 Å². The van der Waals surface area contributed by atoms with Gasteiger partial charge in [-0.2, -0.15) is 0 Å². The van der Waals surface area contributed by atoms with Gasteiger partial charge in [0, 0.05) is 41.3 Å². The number of rotatable bonds is 3. The van der Waals surface area contributed by atoms with Gasteiger partial charge < -0.3 is 4.57 Å². The van der Waals surface area contributed by atoms with Crippen molar-refractivity contribution in [1.82, 2.24) is 4.57 Å². The van der Waals surface area contributed by atoms with Crippen LogP contribution in [0.3, 0.4) is 0 Å². The summed E-state index contributed by atoms with van der Waals surface area (Å²) in [7, 11) is 1.90. The minimum absolute atomic E-state index is 0.0706. The second kappa shape index (κ2) is 4.86. The number of hydrogen-bond donors (Lipinski definition) is 0. The lowest BCUT2D eigenvalue weighted by Gasteiger charge is -2.04. The first kappa shape index (κ1) is 13.1. The third-order valence-corrected chi connectivity index (χ3v) is 3.56. The van der Waals surface area contributed by atoms with Crippen molar-refractivity contribution in [2.45, 2.75) is 0 Å². The highest BCUT2D eigenvalue weighted by Gasteiger charge is 2.12. The second-order valence-electron chi connectivity index (χ2n) is 4.83. The van der Waals surface area contributed by atoms with E-state index in [1.807, 2.05) is 29.8 Å². The summed E-state index contributed by atoms with van der Waals surface area (Å²) >= 11 is 0. The van der Waals surface area contributed by atoms with E-state index in [-0.39, 0.29) is 5.69 Å². The van der Waals surface area contributed by atoms with Crippen molar-refractivity contribution in [3.8, 4) is 11.3 Å². The average molecular weight is 280 g/mol. The number of aldehydes is 1. The Kier molecular flexibility index (Phi) is 3.02. The van der Waals surface area contributed by atoms with Gasteiger partial charge in [0.25, 0.3) is 5.69 Å². The minimum atomic E-state index is -0.404. The predicted molar refractivity (Wildman–Crippen MR) is 80.4 cm³/mol. The van der Waals surface area contributed by atoms with E-state index in [1.54, 1.807) is 24.3 Å². The number of nitrogens with zero attached hydrogens (tertiary/aromatic N) is 2. The lowest BCUT2D eigenvalue weighted by molar-refractivity contribution is -0.384. The molecular weight excluding hydrogens is 268 g/mol. The molecule has 2 aromatic carbocycles. The number of carbonyl (C=O) groups excluding carboxylic acids is 1. The molecule has 0 bridgehead atoms. The third kappa shape index (κ3) is 2.18. The van der Waals surface area contributed by atoms with Crippen LogP contribution in [0.25, 0.3) is 22.2 Å². The number of nitro benzene ring substituents is 1. The number of benzene rings is 2. The molecule has 3 aromatic rings. The van der Waals surface area contributed by atoms with Crippen LogP contribution in [-0.2, 0) is 7.05 Å². The molecule has 21 heavy (non-hydrogen) atoms. The van der Waals surface area contributed by atoms with Gasteiger partial charge in [-0.15, -0.1) is 0 Å². The van der Waals surface area contributed by atoms with E-state index in [9.17, 15) is 14.9 Å². The van der Waals surface area contributed by atoms with Gasteiger partial charge in [0.05, 0.1) is 4.92 Å². The molecule has 0 aliphatic heterocycles. The third-order valence-electron chi connectivity index (χ3n) is 3.56. The summed E-state index contributed by atoms with van der Waals surface area (Å²) in [4.78, 5) is 21.3. The molecule has 1 heterocycles. The highest BCUT2D eigenvalue weighted by atomic mass is 16.6. The maximum absolute atomic E-state index is 10.9. The van der Waals surface area contributed by atoms with Gasteiger partial charge >= 0.3 is 0 Å². The summed E-state index contributed by atoms with van der Waals surface area (Å²) in [5.41, 5.74) is 3.40. The number of nitro groups is 1. The summed E-state index contributed by atoms with van der Waals surface area (Å²) in [5, 5.41) is 11.7. The Morgan fingerprint density at radius 2 is 1.95 bits per heavy atom. The summed E-state index contributed by atoms with van der Waals surface area (Å²) < 4.78 is 1.96. The van der Waals surface area contributed by atoms with Gasteiger partial charge in [0.15, 0.2) is 0 Å². The Hall–Kier alpha value is -2.95. The van der Waals surface area contributed by atoms with Crippen LogP contribution in [0.4, 0.5) is 5.69 Å². The SMILES string of the molecule is Cn1c(-c2cccc(C=O)c2)cc2cc([N+](=O)[O-])ccc21. The fourth-order valence-electron chi connectivity index (χ4n) is 2.50. The Morgan fingerprint density at radius 3 is 2.67 bits per heavy atom. The summed E-state index contributed by atoms with van der Waals surface area (Å²) in [5.74, 6) is 0. The first-order valence-electron chi connectivity index (χ1n) is 6.39. The molecule has 1 aromatic heterocycles. The van der Waals surface area contributed by atoms with Crippen molar-refractivity contribution in [3.63, 3.8) is 0 Å². The Bertz CT molecular complexity index is 865. The molecule has 0 aliphatic rings. The fourth-order valence-corrected chi connectivity index (χ4v) is 2.50. The first-order chi connectivity index (χ1) is 10.1. The molecule has 0 amide bonds. The maximum atomic E-state index is 10.9. The zero-order chi connectivity index (χ0) is 15.0. The van der Waals surface area contributed by atoms with Gasteiger partial charge in [0.2, 0.25) is 0 Å². The maximum Gasteiger partial charge on any atom is 0.270 e. The van der Waals surface area contributed by atoms with E-state index in [0.717, 1.165) is 28.4 Å². The second-order valence-corrected chi connectivity index (χ2v) is 4.83. The quantitative estimate of drug-likeness (QED) is 0.418. The van der Waals surface area contributed by atoms with E-state index < -0.39 is 4.92 Å². The van der Waals surface area contributed by atoms with Crippen molar-refractivity contribution in [3.05, 3.63) is 64.2 Å². The molecule has 0 saturated heterocycles. The van der Waals surface area contributed by atoms with Crippen molar-refractivity contribution in [2.24, 2.45) is 7.05 Å². The zero-order valence-electron chi connectivity index (χ0n) is 11.3. The summed E-state index contributed by atoms with van der Waals surface area (Å²) in [6.45, 7) is 0. The van der Waals surface area contributed by atoms with Crippen LogP contribution in [-0.4, -0.2) is 15.8 Å². The van der Waals surface area contributed by atoms with E-state index in [1.165, 1.54) is 6.07 Å². The number of carbonyl (C=O) groups is 1. The van der Waals surface area contributed by atoms with Gasteiger partial charge in [-0.25, -0.2) is 0 Å². The van der Waals surface area contributed by atoms with Gasteiger partial charge in [-0.3, -0.25) is 14.9 Å². The standard InChI is InChI=1S/C16H12N2O3/c1-17-15-6-5-14(18(20)21)8-13(15)9-16(17)12-4-2-3-11(7-12)10-19/h2-10H,1H3. The molecule has 0 N–H and O–H groups in total. The van der Waals surface area contributed by atoms with Crippen molar-refractivity contribution in [1.29, 1.82) is 0 Å². The van der Waals surface area contributed by atoms with E-state index in [2.05, 4.69) is 0 Å². The highest BCUT2D eigenvalue weighted by molar-refractivity contribution is 5.89. The molecule has 3 rings (SSSR count). The molecule has 0 fully saturated rings. The molecule has 0 unspecified atom stereocenters.